The van der Waals surface area contributed by atoms with Crippen LogP contribution in [0, 0.1) is 0 Å². The van der Waals surface area contributed by atoms with Crippen LogP contribution in [0.5, 0.6) is 0 Å². The SMILES string of the molecule is C[C@@H](C(=O)NCc1ccc2ccccc2c1)N(c1cc(Cl)cc(Cl)c1)S(C)(=O)=O. The highest BCUT2D eigenvalue weighted by Gasteiger charge is 2.29. The standard InChI is InChI=1S/C21H20Cl2N2O3S/c1-14(25(29(2,27)28)20-11-18(22)10-19(23)12-20)21(26)24-13-15-7-8-16-5-3-4-6-17(16)9-15/h3-12,14H,13H2,1-2H3,(H,24,26)/t14-/m0/s1. The first kappa shape index (κ1) is 21.4. The van der Waals surface area contributed by atoms with Crippen LogP contribution >= 0.6 is 23.2 Å². The molecule has 0 spiro atoms. The van der Waals surface area contributed by atoms with Gasteiger partial charge in [-0.05, 0) is 47.5 Å². The van der Waals surface area contributed by atoms with E-state index in [4.69, 9.17) is 23.2 Å². The van der Waals surface area contributed by atoms with Crippen molar-refractivity contribution in [1.82, 2.24) is 5.32 Å². The summed E-state index contributed by atoms with van der Waals surface area (Å²) in [7, 11) is -3.75. The summed E-state index contributed by atoms with van der Waals surface area (Å²) in [6.45, 7) is 1.80. The number of hydrogen-bond acceptors (Lipinski definition) is 3. The molecule has 152 valence electrons. The smallest absolute Gasteiger partial charge is 0.243 e. The Balaban J connectivity index is 1.80. The van der Waals surface area contributed by atoms with Crippen molar-refractivity contribution in [3.63, 3.8) is 0 Å². The van der Waals surface area contributed by atoms with Crippen molar-refractivity contribution in [3.05, 3.63) is 76.3 Å². The lowest BCUT2D eigenvalue weighted by Crippen LogP contribution is -2.47. The highest BCUT2D eigenvalue weighted by Crippen LogP contribution is 2.28. The van der Waals surface area contributed by atoms with Gasteiger partial charge in [0.2, 0.25) is 15.9 Å². The van der Waals surface area contributed by atoms with Gasteiger partial charge in [-0.1, -0.05) is 59.6 Å². The largest absolute Gasteiger partial charge is 0.350 e. The predicted octanol–water partition coefficient (Wildman–Crippen LogP) is 4.62. The van der Waals surface area contributed by atoms with Crippen LogP contribution < -0.4 is 9.62 Å². The minimum atomic E-state index is -3.75. The van der Waals surface area contributed by atoms with Crippen LogP contribution in [0.1, 0.15) is 12.5 Å². The fraction of sp³-hybridized carbons (Fsp3) is 0.190. The molecule has 1 N–H and O–H groups in total. The Morgan fingerprint density at radius 1 is 1.00 bits per heavy atom. The number of carbonyl (C=O) groups is 1. The molecular weight excluding hydrogens is 431 g/mol. The quantitative estimate of drug-likeness (QED) is 0.595. The molecule has 0 aliphatic carbocycles. The molecule has 0 aliphatic heterocycles. The van der Waals surface area contributed by atoms with Gasteiger partial charge in [-0.15, -0.1) is 0 Å². The van der Waals surface area contributed by atoms with Gasteiger partial charge in [0.15, 0.2) is 0 Å². The second kappa shape index (κ2) is 8.61. The maximum absolute atomic E-state index is 12.7. The first-order valence-electron chi connectivity index (χ1n) is 8.86. The highest BCUT2D eigenvalue weighted by molar-refractivity contribution is 7.92. The van der Waals surface area contributed by atoms with Crippen LogP contribution in [0.2, 0.25) is 10.0 Å². The van der Waals surface area contributed by atoms with E-state index >= 15 is 0 Å². The first-order chi connectivity index (χ1) is 13.6. The highest BCUT2D eigenvalue weighted by atomic mass is 35.5. The van der Waals surface area contributed by atoms with Gasteiger partial charge in [0, 0.05) is 16.6 Å². The number of nitrogens with one attached hydrogen (secondary N) is 1. The van der Waals surface area contributed by atoms with Crippen molar-refractivity contribution >= 4 is 55.6 Å². The molecule has 3 aromatic rings. The molecule has 3 aromatic carbocycles. The molecule has 0 unspecified atom stereocenters. The van der Waals surface area contributed by atoms with Gasteiger partial charge in [-0.3, -0.25) is 9.10 Å². The zero-order valence-electron chi connectivity index (χ0n) is 15.9. The average Bonchev–Trinajstić information content (AvgIpc) is 2.64. The third-order valence-electron chi connectivity index (χ3n) is 4.47. The minimum Gasteiger partial charge on any atom is -0.350 e. The Labute approximate surface area is 180 Å². The number of hydrogen-bond donors (Lipinski definition) is 1. The fourth-order valence-electron chi connectivity index (χ4n) is 3.16. The van der Waals surface area contributed by atoms with Crippen LogP contribution in [-0.4, -0.2) is 26.6 Å². The molecule has 8 heteroatoms. The van der Waals surface area contributed by atoms with E-state index in [1.807, 2.05) is 42.5 Å². The van der Waals surface area contributed by atoms with Crippen molar-refractivity contribution in [2.24, 2.45) is 0 Å². The first-order valence-corrected chi connectivity index (χ1v) is 11.5. The normalized spacial score (nSPS) is 12.6. The summed E-state index contributed by atoms with van der Waals surface area (Å²) in [6.07, 6.45) is 1.04. The lowest BCUT2D eigenvalue weighted by molar-refractivity contribution is -0.122. The minimum absolute atomic E-state index is 0.235. The Morgan fingerprint density at radius 3 is 2.24 bits per heavy atom. The van der Waals surface area contributed by atoms with E-state index in [2.05, 4.69) is 5.32 Å². The van der Waals surface area contributed by atoms with E-state index < -0.39 is 22.0 Å². The number of amides is 1. The second-order valence-corrected chi connectivity index (χ2v) is 9.49. The number of carbonyl (C=O) groups excluding carboxylic acids is 1. The van der Waals surface area contributed by atoms with Gasteiger partial charge in [0.1, 0.15) is 6.04 Å². The summed E-state index contributed by atoms with van der Waals surface area (Å²) in [4.78, 5) is 12.7. The van der Waals surface area contributed by atoms with Gasteiger partial charge in [0.05, 0.1) is 11.9 Å². The third kappa shape index (κ3) is 5.21. The lowest BCUT2D eigenvalue weighted by atomic mass is 10.1. The number of rotatable bonds is 6. The van der Waals surface area contributed by atoms with Crippen LogP contribution in [0.15, 0.2) is 60.7 Å². The van der Waals surface area contributed by atoms with Gasteiger partial charge in [-0.25, -0.2) is 8.42 Å². The van der Waals surface area contributed by atoms with E-state index in [9.17, 15) is 13.2 Å². The maximum atomic E-state index is 12.7. The zero-order chi connectivity index (χ0) is 21.2. The maximum Gasteiger partial charge on any atom is 0.243 e. The Bertz CT molecular complexity index is 1150. The van der Waals surface area contributed by atoms with E-state index in [1.165, 1.54) is 25.1 Å². The molecule has 3 rings (SSSR count). The molecule has 0 radical (unpaired) electrons. The molecule has 1 amide bonds. The molecule has 0 saturated heterocycles. The average molecular weight is 451 g/mol. The van der Waals surface area contributed by atoms with Gasteiger partial charge in [0.25, 0.3) is 0 Å². The fourth-order valence-corrected chi connectivity index (χ4v) is 4.83. The Kier molecular flexibility index (Phi) is 6.36. The monoisotopic (exact) mass is 450 g/mol. The Hall–Kier alpha value is -2.28. The number of sulfonamides is 1. The number of benzene rings is 3. The van der Waals surface area contributed by atoms with Gasteiger partial charge < -0.3 is 5.32 Å². The number of nitrogens with zero attached hydrogens (tertiary/aromatic N) is 1. The number of fused-ring (bicyclic) bond motifs is 1. The van der Waals surface area contributed by atoms with E-state index in [-0.39, 0.29) is 22.3 Å². The van der Waals surface area contributed by atoms with Crippen LogP contribution in [0.3, 0.4) is 0 Å². The molecule has 29 heavy (non-hydrogen) atoms. The van der Waals surface area contributed by atoms with Crippen LogP contribution in [-0.2, 0) is 21.4 Å². The molecule has 0 aliphatic rings. The van der Waals surface area contributed by atoms with Crippen molar-refractivity contribution in [2.75, 3.05) is 10.6 Å². The summed E-state index contributed by atoms with van der Waals surface area (Å²) >= 11 is 12.0. The molecule has 1 atom stereocenters. The zero-order valence-corrected chi connectivity index (χ0v) is 18.2. The summed E-state index contributed by atoms with van der Waals surface area (Å²) < 4.78 is 25.8. The molecule has 0 saturated carbocycles. The van der Waals surface area contributed by atoms with E-state index in [0.29, 0.717) is 0 Å². The van der Waals surface area contributed by atoms with Crippen molar-refractivity contribution in [2.45, 2.75) is 19.5 Å². The van der Waals surface area contributed by atoms with E-state index in [1.54, 1.807) is 0 Å². The number of halogens is 2. The Morgan fingerprint density at radius 2 is 1.62 bits per heavy atom. The predicted molar refractivity (Wildman–Crippen MR) is 119 cm³/mol. The van der Waals surface area contributed by atoms with Crippen molar-refractivity contribution < 1.29 is 13.2 Å². The lowest BCUT2D eigenvalue weighted by Gasteiger charge is -2.28. The molecule has 5 nitrogen and oxygen atoms in total. The summed E-state index contributed by atoms with van der Waals surface area (Å²) in [6, 6.07) is 17.3. The topological polar surface area (TPSA) is 66.5 Å². The van der Waals surface area contributed by atoms with Crippen molar-refractivity contribution in [1.29, 1.82) is 0 Å². The molecule has 0 bridgehead atoms. The summed E-state index contributed by atoms with van der Waals surface area (Å²) in [5.74, 6) is -0.431. The van der Waals surface area contributed by atoms with Gasteiger partial charge in [-0.2, -0.15) is 0 Å². The second-order valence-electron chi connectivity index (χ2n) is 6.76. The summed E-state index contributed by atoms with van der Waals surface area (Å²) in [5, 5.41) is 5.55. The van der Waals surface area contributed by atoms with Crippen LogP contribution in [0.25, 0.3) is 10.8 Å². The van der Waals surface area contributed by atoms with Crippen molar-refractivity contribution in [3.8, 4) is 0 Å². The molecule has 0 heterocycles. The third-order valence-corrected chi connectivity index (χ3v) is 6.15. The molecule has 0 fully saturated rings. The molecule has 0 aromatic heterocycles. The van der Waals surface area contributed by atoms with E-state index in [0.717, 1.165) is 26.9 Å². The summed E-state index contributed by atoms with van der Waals surface area (Å²) in [5.41, 5.74) is 1.15. The number of anilines is 1. The van der Waals surface area contributed by atoms with Crippen LogP contribution in [0.4, 0.5) is 5.69 Å². The molecular formula is C21H20Cl2N2O3S. The van der Waals surface area contributed by atoms with Gasteiger partial charge >= 0.3 is 0 Å².